The molecule has 25 heavy (non-hydrogen) atoms. The first-order chi connectivity index (χ1) is 12.0. The second-order valence-corrected chi connectivity index (χ2v) is 6.27. The fraction of sp³-hybridized carbons (Fsp3) is 0.316. The van der Waals surface area contributed by atoms with E-state index in [1.807, 2.05) is 31.3 Å². The van der Waals surface area contributed by atoms with E-state index in [-0.39, 0.29) is 17.0 Å². The highest BCUT2D eigenvalue weighted by molar-refractivity contribution is 5.95. The number of benzene rings is 1. The van der Waals surface area contributed by atoms with Crippen molar-refractivity contribution in [2.24, 2.45) is 7.05 Å². The van der Waals surface area contributed by atoms with Gasteiger partial charge in [-0.1, -0.05) is 12.1 Å². The summed E-state index contributed by atoms with van der Waals surface area (Å²) >= 11 is 0. The molecule has 3 rings (SSSR count). The number of pyridine rings is 1. The van der Waals surface area contributed by atoms with Crippen LogP contribution in [0.2, 0.25) is 0 Å². The number of fused-ring (bicyclic) bond motifs is 1. The van der Waals surface area contributed by atoms with Crippen LogP contribution in [0.25, 0.3) is 11.0 Å². The van der Waals surface area contributed by atoms with Gasteiger partial charge in [0.05, 0.1) is 11.0 Å². The van der Waals surface area contributed by atoms with E-state index in [4.69, 9.17) is 0 Å². The molecule has 0 aliphatic carbocycles. The molecule has 6 nitrogen and oxygen atoms in total. The van der Waals surface area contributed by atoms with Crippen LogP contribution < -0.4 is 10.9 Å². The molecule has 0 fully saturated rings. The molecule has 0 unspecified atom stereocenters. The fourth-order valence-corrected chi connectivity index (χ4v) is 3.09. The predicted molar refractivity (Wildman–Crippen MR) is 97.9 cm³/mol. The van der Waals surface area contributed by atoms with Gasteiger partial charge in [0.25, 0.3) is 11.5 Å². The first kappa shape index (κ1) is 17.0. The molecule has 130 valence electrons. The van der Waals surface area contributed by atoms with Gasteiger partial charge in [0.15, 0.2) is 0 Å². The van der Waals surface area contributed by atoms with Crippen molar-refractivity contribution in [2.75, 3.05) is 6.54 Å². The van der Waals surface area contributed by atoms with E-state index < -0.39 is 0 Å². The van der Waals surface area contributed by atoms with Crippen LogP contribution in [0.3, 0.4) is 0 Å². The predicted octanol–water partition coefficient (Wildman–Crippen LogP) is 2.24. The number of H-pyrrole nitrogens is 1. The number of carbonyl (C=O) groups excluding carboxylic acids is 1. The van der Waals surface area contributed by atoms with Crippen LogP contribution in [0, 0.1) is 13.8 Å². The Bertz CT molecular complexity index is 985. The molecule has 0 radical (unpaired) electrons. The lowest BCUT2D eigenvalue weighted by molar-refractivity contribution is 0.0951. The zero-order chi connectivity index (χ0) is 18.0. The molecule has 3 aromatic rings. The molecule has 0 saturated heterocycles. The van der Waals surface area contributed by atoms with E-state index in [9.17, 15) is 9.59 Å². The Balaban J connectivity index is 1.61. The lowest BCUT2D eigenvalue weighted by Gasteiger charge is -2.08. The summed E-state index contributed by atoms with van der Waals surface area (Å²) in [5.74, 6) is 0.656. The summed E-state index contributed by atoms with van der Waals surface area (Å²) in [6, 6.07) is 9.80. The molecule has 2 aromatic heterocycles. The molecular formula is C19H22N4O2. The summed E-state index contributed by atoms with van der Waals surface area (Å²) in [4.78, 5) is 31.5. The third-order valence-corrected chi connectivity index (χ3v) is 4.33. The van der Waals surface area contributed by atoms with Crippen LogP contribution in [0.1, 0.15) is 33.9 Å². The molecule has 1 amide bonds. The van der Waals surface area contributed by atoms with Crippen LogP contribution >= 0.6 is 0 Å². The van der Waals surface area contributed by atoms with E-state index in [0.29, 0.717) is 12.1 Å². The quantitative estimate of drug-likeness (QED) is 0.700. The Labute approximate surface area is 145 Å². The summed E-state index contributed by atoms with van der Waals surface area (Å²) in [7, 11) is 2.00. The lowest BCUT2D eigenvalue weighted by Crippen LogP contribution is -2.31. The van der Waals surface area contributed by atoms with Crippen molar-refractivity contribution in [3.63, 3.8) is 0 Å². The normalized spacial score (nSPS) is 11.0. The monoisotopic (exact) mass is 338 g/mol. The van der Waals surface area contributed by atoms with Crippen LogP contribution in [0.4, 0.5) is 0 Å². The summed E-state index contributed by atoms with van der Waals surface area (Å²) in [6.07, 6.45) is 1.51. The second kappa shape index (κ2) is 6.93. The zero-order valence-electron chi connectivity index (χ0n) is 14.7. The number of carbonyl (C=O) groups is 1. The average Bonchev–Trinajstić information content (AvgIpc) is 2.87. The SMILES string of the molecule is Cc1cc(C)c(C(=O)NCCCc2nc3ccccc3n2C)c(=O)[nH]1. The molecule has 1 aromatic carbocycles. The number of imidazole rings is 1. The summed E-state index contributed by atoms with van der Waals surface area (Å²) in [6.45, 7) is 4.07. The molecule has 0 bridgehead atoms. The van der Waals surface area contributed by atoms with Crippen LogP contribution in [0.15, 0.2) is 35.1 Å². The maximum Gasteiger partial charge on any atom is 0.261 e. The van der Waals surface area contributed by atoms with Gasteiger partial charge >= 0.3 is 0 Å². The van der Waals surface area contributed by atoms with Gasteiger partial charge in [0, 0.05) is 25.7 Å². The summed E-state index contributed by atoms with van der Waals surface area (Å²) in [5, 5.41) is 2.83. The van der Waals surface area contributed by atoms with Crippen LogP contribution in [-0.2, 0) is 13.5 Å². The number of nitrogens with one attached hydrogen (secondary N) is 2. The number of nitrogens with zero attached hydrogens (tertiary/aromatic N) is 2. The minimum absolute atomic E-state index is 0.188. The Morgan fingerprint density at radius 3 is 2.76 bits per heavy atom. The molecule has 2 heterocycles. The highest BCUT2D eigenvalue weighted by Gasteiger charge is 2.14. The molecule has 0 aliphatic heterocycles. The smallest absolute Gasteiger partial charge is 0.261 e. The van der Waals surface area contributed by atoms with E-state index in [1.165, 1.54) is 0 Å². The first-order valence-corrected chi connectivity index (χ1v) is 8.36. The standard InChI is InChI=1S/C19H22N4O2/c1-12-11-13(2)21-19(25)17(12)18(24)20-10-6-9-16-22-14-7-4-5-8-15(14)23(16)3/h4-5,7-8,11H,6,9-10H2,1-3H3,(H,20,24)(H,21,25). The highest BCUT2D eigenvalue weighted by Crippen LogP contribution is 2.15. The lowest BCUT2D eigenvalue weighted by atomic mass is 10.1. The number of amides is 1. The first-order valence-electron chi connectivity index (χ1n) is 8.36. The molecule has 0 aliphatic rings. The fourth-order valence-electron chi connectivity index (χ4n) is 3.09. The van der Waals surface area contributed by atoms with Crippen molar-refractivity contribution >= 4 is 16.9 Å². The Hall–Kier alpha value is -2.89. The van der Waals surface area contributed by atoms with Gasteiger partial charge in [0.2, 0.25) is 0 Å². The van der Waals surface area contributed by atoms with E-state index in [0.717, 1.165) is 35.4 Å². The van der Waals surface area contributed by atoms with Crippen LogP contribution in [-0.4, -0.2) is 27.0 Å². The number of rotatable bonds is 5. The minimum Gasteiger partial charge on any atom is -0.352 e. The van der Waals surface area contributed by atoms with E-state index >= 15 is 0 Å². The Morgan fingerprint density at radius 2 is 2.04 bits per heavy atom. The topological polar surface area (TPSA) is 79.8 Å². The summed E-state index contributed by atoms with van der Waals surface area (Å²) < 4.78 is 2.08. The number of aryl methyl sites for hydroxylation is 4. The van der Waals surface area contributed by atoms with Gasteiger partial charge in [-0.05, 0) is 44.0 Å². The number of aromatic nitrogens is 3. The van der Waals surface area contributed by atoms with Crippen molar-refractivity contribution in [1.82, 2.24) is 19.9 Å². The maximum absolute atomic E-state index is 12.3. The maximum atomic E-state index is 12.3. The van der Waals surface area contributed by atoms with Gasteiger partial charge < -0.3 is 14.9 Å². The summed E-state index contributed by atoms with van der Waals surface area (Å²) in [5.41, 5.74) is 3.36. The average molecular weight is 338 g/mol. The Morgan fingerprint density at radius 1 is 1.28 bits per heavy atom. The van der Waals surface area contributed by atoms with Crippen molar-refractivity contribution in [3.8, 4) is 0 Å². The molecule has 0 atom stereocenters. The third-order valence-electron chi connectivity index (χ3n) is 4.33. The highest BCUT2D eigenvalue weighted by atomic mass is 16.2. The van der Waals surface area contributed by atoms with Crippen molar-refractivity contribution in [3.05, 3.63) is 63.3 Å². The second-order valence-electron chi connectivity index (χ2n) is 6.27. The minimum atomic E-state index is -0.342. The van der Waals surface area contributed by atoms with Gasteiger partial charge in [-0.2, -0.15) is 0 Å². The molecule has 6 heteroatoms. The van der Waals surface area contributed by atoms with Gasteiger partial charge in [-0.3, -0.25) is 9.59 Å². The van der Waals surface area contributed by atoms with E-state index in [1.54, 1.807) is 19.9 Å². The van der Waals surface area contributed by atoms with Crippen molar-refractivity contribution < 1.29 is 4.79 Å². The zero-order valence-corrected chi connectivity index (χ0v) is 14.7. The molecule has 0 spiro atoms. The third kappa shape index (κ3) is 3.47. The van der Waals surface area contributed by atoms with Crippen molar-refractivity contribution in [1.29, 1.82) is 0 Å². The van der Waals surface area contributed by atoms with Gasteiger partial charge in [-0.15, -0.1) is 0 Å². The molecule has 2 N–H and O–H groups in total. The van der Waals surface area contributed by atoms with Gasteiger partial charge in [-0.25, -0.2) is 4.98 Å². The number of para-hydroxylation sites is 2. The largest absolute Gasteiger partial charge is 0.352 e. The van der Waals surface area contributed by atoms with Gasteiger partial charge in [0.1, 0.15) is 11.4 Å². The number of hydrogen-bond donors (Lipinski definition) is 2. The molecule has 0 saturated carbocycles. The number of aromatic amines is 1. The van der Waals surface area contributed by atoms with Crippen molar-refractivity contribution in [2.45, 2.75) is 26.7 Å². The number of hydrogen-bond acceptors (Lipinski definition) is 3. The van der Waals surface area contributed by atoms with Crippen LogP contribution in [0.5, 0.6) is 0 Å². The molecular weight excluding hydrogens is 316 g/mol. The van der Waals surface area contributed by atoms with E-state index in [2.05, 4.69) is 19.9 Å². The Kier molecular flexibility index (Phi) is 4.70.